The number of aromatic nitrogens is 1. The Bertz CT molecular complexity index is 952. The Kier molecular flexibility index (Phi) is 5.51. The molecule has 1 N–H and O–H groups in total. The summed E-state index contributed by atoms with van der Waals surface area (Å²) < 4.78 is 62.5. The Hall–Kier alpha value is -1.80. The quantitative estimate of drug-likeness (QED) is 0.633. The molecule has 1 aliphatic heterocycles. The summed E-state index contributed by atoms with van der Waals surface area (Å²) in [4.78, 5) is 12.9. The van der Waals surface area contributed by atoms with Crippen LogP contribution in [0.25, 0.3) is 10.9 Å². The zero-order valence-electron chi connectivity index (χ0n) is 16.4. The molecule has 2 aromatic rings. The van der Waals surface area contributed by atoms with E-state index in [0.29, 0.717) is 36.1 Å². The number of amides is 1. The van der Waals surface area contributed by atoms with E-state index in [-0.39, 0.29) is 19.0 Å². The average Bonchev–Trinajstić information content (AvgIpc) is 2.97. The van der Waals surface area contributed by atoms with Crippen molar-refractivity contribution in [2.24, 2.45) is 11.8 Å². The number of hydrogen-bond donors (Lipinski definition) is 1. The third-order valence-corrected chi connectivity index (χ3v) is 6.40. The highest BCUT2D eigenvalue weighted by Gasteiger charge is 2.48. The molecule has 2 heterocycles. The van der Waals surface area contributed by atoms with Gasteiger partial charge in [-0.05, 0) is 31.4 Å². The Labute approximate surface area is 176 Å². The molecule has 0 radical (unpaired) electrons. The summed E-state index contributed by atoms with van der Waals surface area (Å²) in [5.74, 6) is -8.93. The monoisotopic (exact) mass is 446 g/mol. The van der Waals surface area contributed by atoms with E-state index < -0.39 is 42.4 Å². The summed E-state index contributed by atoms with van der Waals surface area (Å²) in [7, 11) is 0. The third-order valence-electron chi connectivity index (χ3n) is 6.08. The summed E-state index contributed by atoms with van der Waals surface area (Å²) in [6.07, 6.45) is 0.300. The molecule has 30 heavy (non-hydrogen) atoms. The molecular formula is C21H23ClF4N2O2. The van der Waals surface area contributed by atoms with Crippen LogP contribution in [0.5, 0.6) is 0 Å². The van der Waals surface area contributed by atoms with Crippen LogP contribution in [0.2, 0.25) is 5.02 Å². The second-order valence-electron chi connectivity index (χ2n) is 8.50. The van der Waals surface area contributed by atoms with Crippen LogP contribution < -0.4 is 5.32 Å². The van der Waals surface area contributed by atoms with Crippen molar-refractivity contribution >= 4 is 28.4 Å². The lowest BCUT2D eigenvalue weighted by Gasteiger charge is -2.37. The fraction of sp³-hybridized carbons (Fsp3) is 0.571. The molecule has 164 valence electrons. The third kappa shape index (κ3) is 4.17. The fourth-order valence-electron chi connectivity index (χ4n) is 4.43. The molecule has 2 atom stereocenters. The minimum atomic E-state index is -3.18. The van der Waals surface area contributed by atoms with Gasteiger partial charge in [0.2, 0.25) is 11.8 Å². The van der Waals surface area contributed by atoms with Crippen molar-refractivity contribution in [3.63, 3.8) is 0 Å². The number of nitrogens with zero attached hydrogens (tertiary/aromatic N) is 1. The molecule has 9 heteroatoms. The standard InChI is InChI=1S/C21H23ClF4N2O2/c1-20(23,24)13-5-12(6-21(25,26)7-13)8-27-19(29)15-9-28(14-10-30-11-14)17-4-2-3-16(22)18(15)17/h2-4,9,12-14H,5-8,10-11H2,1H3,(H,27,29). The first-order chi connectivity index (χ1) is 14.0. The van der Waals surface area contributed by atoms with Crippen LogP contribution in [-0.4, -0.2) is 42.1 Å². The van der Waals surface area contributed by atoms with Crippen LogP contribution in [0.4, 0.5) is 17.6 Å². The molecular weight excluding hydrogens is 424 g/mol. The van der Waals surface area contributed by atoms with Crippen molar-refractivity contribution in [2.45, 2.75) is 44.1 Å². The van der Waals surface area contributed by atoms with E-state index >= 15 is 0 Å². The highest BCUT2D eigenvalue weighted by molar-refractivity contribution is 6.36. The van der Waals surface area contributed by atoms with Gasteiger partial charge in [0.1, 0.15) is 0 Å². The van der Waals surface area contributed by atoms with Crippen molar-refractivity contribution < 1.29 is 27.1 Å². The van der Waals surface area contributed by atoms with E-state index in [9.17, 15) is 22.4 Å². The highest BCUT2D eigenvalue weighted by Crippen LogP contribution is 2.45. The molecule has 4 nitrogen and oxygen atoms in total. The number of alkyl halides is 4. The Morgan fingerprint density at radius 1 is 1.33 bits per heavy atom. The highest BCUT2D eigenvalue weighted by atomic mass is 35.5. The maximum absolute atomic E-state index is 14.0. The lowest BCUT2D eigenvalue weighted by Crippen LogP contribution is -2.42. The zero-order chi connectivity index (χ0) is 21.7. The van der Waals surface area contributed by atoms with E-state index in [1.54, 1.807) is 18.3 Å². The van der Waals surface area contributed by atoms with Gasteiger partial charge in [0.25, 0.3) is 5.91 Å². The van der Waals surface area contributed by atoms with Gasteiger partial charge in [-0.15, -0.1) is 0 Å². The molecule has 2 fully saturated rings. The Morgan fingerprint density at radius 2 is 2.07 bits per heavy atom. The summed E-state index contributed by atoms with van der Waals surface area (Å²) >= 11 is 6.33. The van der Waals surface area contributed by atoms with Gasteiger partial charge in [-0.2, -0.15) is 0 Å². The molecule has 1 saturated carbocycles. The maximum atomic E-state index is 14.0. The fourth-order valence-corrected chi connectivity index (χ4v) is 4.71. The minimum Gasteiger partial charge on any atom is -0.377 e. The van der Waals surface area contributed by atoms with E-state index in [1.165, 1.54) is 0 Å². The molecule has 1 amide bonds. The molecule has 2 aliphatic rings. The topological polar surface area (TPSA) is 43.3 Å². The normalized spacial score (nSPS) is 24.6. The predicted octanol–water partition coefficient (Wildman–Crippen LogP) is 5.30. The predicted molar refractivity (Wildman–Crippen MR) is 106 cm³/mol. The maximum Gasteiger partial charge on any atom is 0.253 e. The van der Waals surface area contributed by atoms with Crippen molar-refractivity contribution in [1.29, 1.82) is 0 Å². The van der Waals surface area contributed by atoms with Gasteiger partial charge in [-0.25, -0.2) is 17.6 Å². The number of rotatable bonds is 5. The number of hydrogen-bond acceptors (Lipinski definition) is 2. The van der Waals surface area contributed by atoms with Crippen molar-refractivity contribution in [3.8, 4) is 0 Å². The zero-order valence-corrected chi connectivity index (χ0v) is 17.2. The van der Waals surface area contributed by atoms with Crippen LogP contribution in [0, 0.1) is 11.8 Å². The van der Waals surface area contributed by atoms with Gasteiger partial charge in [0.15, 0.2) is 0 Å². The average molecular weight is 447 g/mol. The molecule has 2 unspecified atom stereocenters. The van der Waals surface area contributed by atoms with Gasteiger partial charge >= 0.3 is 0 Å². The molecule has 0 bridgehead atoms. The first kappa shape index (κ1) is 21.4. The van der Waals surface area contributed by atoms with Crippen molar-refractivity contribution in [2.75, 3.05) is 19.8 Å². The lowest BCUT2D eigenvalue weighted by molar-refractivity contribution is -0.136. The molecule has 4 rings (SSSR count). The first-order valence-electron chi connectivity index (χ1n) is 9.96. The van der Waals surface area contributed by atoms with E-state index in [0.717, 1.165) is 5.52 Å². The molecule has 0 spiro atoms. The van der Waals surface area contributed by atoms with Crippen LogP contribution in [0.1, 0.15) is 42.6 Å². The van der Waals surface area contributed by atoms with Crippen molar-refractivity contribution in [1.82, 2.24) is 9.88 Å². The van der Waals surface area contributed by atoms with Crippen molar-refractivity contribution in [3.05, 3.63) is 35.0 Å². The second-order valence-corrected chi connectivity index (χ2v) is 8.91. The lowest BCUT2D eigenvalue weighted by atomic mass is 9.76. The van der Waals surface area contributed by atoms with E-state index in [1.807, 2.05) is 10.6 Å². The number of benzene rings is 1. The summed E-state index contributed by atoms with van der Waals surface area (Å²) in [5, 5.41) is 3.65. The second kappa shape index (κ2) is 7.71. The number of nitrogens with one attached hydrogen (secondary N) is 1. The van der Waals surface area contributed by atoms with E-state index in [2.05, 4.69) is 5.32 Å². The first-order valence-corrected chi connectivity index (χ1v) is 10.3. The van der Waals surface area contributed by atoms with Gasteiger partial charge in [-0.3, -0.25) is 4.79 Å². The Balaban J connectivity index is 1.52. The number of fused-ring (bicyclic) bond motifs is 1. The largest absolute Gasteiger partial charge is 0.377 e. The van der Waals surface area contributed by atoms with Gasteiger partial charge < -0.3 is 14.6 Å². The number of carbonyl (C=O) groups is 1. The molecule has 1 aliphatic carbocycles. The number of halogens is 5. The van der Waals surface area contributed by atoms with Gasteiger partial charge in [0.05, 0.1) is 35.4 Å². The number of carbonyl (C=O) groups excluding carboxylic acids is 1. The SMILES string of the molecule is CC(F)(F)C1CC(CNC(=O)c2cn(C3COC3)c3cccc(Cl)c23)CC(F)(F)C1. The van der Waals surface area contributed by atoms with Gasteiger partial charge in [0, 0.05) is 36.9 Å². The molecule has 1 aromatic carbocycles. The summed E-state index contributed by atoms with van der Waals surface area (Å²) in [6.45, 7) is 1.64. The van der Waals surface area contributed by atoms with Gasteiger partial charge in [-0.1, -0.05) is 17.7 Å². The molecule has 1 aromatic heterocycles. The molecule has 1 saturated heterocycles. The van der Waals surface area contributed by atoms with E-state index in [4.69, 9.17) is 16.3 Å². The van der Waals surface area contributed by atoms with Crippen LogP contribution >= 0.6 is 11.6 Å². The minimum absolute atomic E-state index is 0.0543. The smallest absolute Gasteiger partial charge is 0.253 e. The summed E-state index contributed by atoms with van der Waals surface area (Å²) in [6, 6.07) is 5.42. The number of ether oxygens (including phenoxy) is 1. The summed E-state index contributed by atoms with van der Waals surface area (Å²) in [5.41, 5.74) is 1.12. The van der Waals surface area contributed by atoms with Crippen LogP contribution in [0.15, 0.2) is 24.4 Å². The van der Waals surface area contributed by atoms with Crippen LogP contribution in [-0.2, 0) is 4.74 Å². The Morgan fingerprint density at radius 3 is 2.70 bits per heavy atom. The van der Waals surface area contributed by atoms with Crippen LogP contribution in [0.3, 0.4) is 0 Å².